The lowest BCUT2D eigenvalue weighted by molar-refractivity contribution is -0.120. The molecule has 0 spiro atoms. The van der Waals surface area contributed by atoms with Gasteiger partial charge in [0.1, 0.15) is 5.84 Å². The van der Waals surface area contributed by atoms with Gasteiger partial charge in [-0.05, 0) is 54.6 Å². The van der Waals surface area contributed by atoms with Crippen LogP contribution >= 0.6 is 34.9 Å². The van der Waals surface area contributed by atoms with E-state index in [2.05, 4.69) is 16.0 Å². The third-order valence-electron chi connectivity index (χ3n) is 5.71. The van der Waals surface area contributed by atoms with Crippen LogP contribution < -0.4 is 27.4 Å². The van der Waals surface area contributed by atoms with Gasteiger partial charge in [0.05, 0.1) is 30.3 Å². The number of amides is 2. The van der Waals surface area contributed by atoms with Crippen molar-refractivity contribution >= 4 is 79.7 Å². The predicted octanol–water partition coefficient (Wildman–Crippen LogP) is 3.68. The van der Waals surface area contributed by atoms with Crippen molar-refractivity contribution in [1.82, 2.24) is 5.32 Å². The lowest BCUT2D eigenvalue weighted by Gasteiger charge is -2.18. The van der Waals surface area contributed by atoms with Gasteiger partial charge in [0, 0.05) is 30.5 Å². The first-order chi connectivity index (χ1) is 19.4. The van der Waals surface area contributed by atoms with Gasteiger partial charge >= 0.3 is 0 Å². The molecule has 3 rings (SSSR count). The Bertz CT molecular complexity index is 1600. The zero-order chi connectivity index (χ0) is 30.3. The van der Waals surface area contributed by atoms with Gasteiger partial charge in [-0.2, -0.15) is 11.8 Å². The molecule has 2 amide bonds. The molecular formula is C26H31N7O4S4. The number of nitrogens with two attached hydrogens (primary N) is 2. The van der Waals surface area contributed by atoms with Gasteiger partial charge in [0.25, 0.3) is 0 Å². The maximum absolute atomic E-state index is 13.7. The van der Waals surface area contributed by atoms with E-state index in [1.54, 1.807) is 50.6 Å². The molecule has 0 fully saturated rings. The molecule has 2 aromatic carbocycles. The lowest BCUT2D eigenvalue weighted by Crippen LogP contribution is -2.21. The number of carbonyl (C=O) groups excluding carboxylic acids is 2. The first-order valence-corrected chi connectivity index (χ1v) is 16.8. The molecule has 3 aromatic rings. The highest BCUT2D eigenvalue weighted by atomic mass is 32.2. The van der Waals surface area contributed by atoms with Crippen LogP contribution in [0.15, 0.2) is 56.5 Å². The summed E-state index contributed by atoms with van der Waals surface area (Å²) in [5, 5.41) is 23.5. The molecule has 218 valence electrons. The summed E-state index contributed by atoms with van der Waals surface area (Å²) in [7, 11) is -2.41. The van der Waals surface area contributed by atoms with E-state index in [1.165, 1.54) is 35.7 Å². The second-order valence-corrected chi connectivity index (χ2v) is 13.8. The number of carbonyl (C=O) groups is 2. The Kier molecular flexibility index (Phi) is 10.8. The van der Waals surface area contributed by atoms with Crippen molar-refractivity contribution in [2.24, 2.45) is 11.5 Å². The van der Waals surface area contributed by atoms with Crippen LogP contribution in [0, 0.1) is 17.7 Å². The van der Waals surface area contributed by atoms with Crippen molar-refractivity contribution in [3.63, 3.8) is 0 Å². The van der Waals surface area contributed by atoms with E-state index in [-0.39, 0.29) is 45.6 Å². The maximum Gasteiger partial charge on any atom is 0.234 e. The van der Waals surface area contributed by atoms with Gasteiger partial charge in [-0.1, -0.05) is 12.1 Å². The molecule has 15 heteroatoms. The number of aryl methyl sites for hydroxylation is 1. The Hall–Kier alpha value is -3.53. The van der Waals surface area contributed by atoms with Crippen LogP contribution in [-0.2, 0) is 19.4 Å². The summed E-state index contributed by atoms with van der Waals surface area (Å²) in [6, 6.07) is 11.2. The minimum Gasteiger partial charge on any atom is -0.383 e. The van der Waals surface area contributed by atoms with Gasteiger partial charge in [-0.3, -0.25) is 20.4 Å². The molecule has 0 aliphatic carbocycles. The van der Waals surface area contributed by atoms with Gasteiger partial charge in [0.15, 0.2) is 5.96 Å². The molecule has 1 heterocycles. The fraction of sp³-hybridized carbons (Fsp3) is 0.231. The Morgan fingerprint density at radius 2 is 1.78 bits per heavy atom. The van der Waals surface area contributed by atoms with Crippen molar-refractivity contribution in [3.05, 3.63) is 52.9 Å². The smallest absolute Gasteiger partial charge is 0.234 e. The number of hydrogen-bond donors (Lipinski definition) is 7. The number of hydrogen-bond acceptors (Lipinski definition) is 9. The van der Waals surface area contributed by atoms with Crippen molar-refractivity contribution in [3.8, 4) is 11.1 Å². The van der Waals surface area contributed by atoms with Gasteiger partial charge in [-0.15, -0.1) is 23.1 Å². The summed E-state index contributed by atoms with van der Waals surface area (Å²) in [5.41, 5.74) is 13.9. The van der Waals surface area contributed by atoms with E-state index in [1.807, 2.05) is 0 Å². The minimum atomic E-state index is -3.96. The first-order valence-electron chi connectivity index (χ1n) is 12.1. The predicted molar refractivity (Wildman–Crippen MR) is 169 cm³/mol. The highest BCUT2D eigenvalue weighted by Gasteiger charge is 2.26. The number of anilines is 2. The third-order valence-corrected chi connectivity index (χ3v) is 11.0. The number of sulfone groups is 1. The van der Waals surface area contributed by atoms with Gasteiger partial charge < -0.3 is 27.4 Å². The van der Waals surface area contributed by atoms with E-state index in [9.17, 15) is 18.0 Å². The van der Waals surface area contributed by atoms with Crippen molar-refractivity contribution in [1.29, 1.82) is 10.8 Å². The summed E-state index contributed by atoms with van der Waals surface area (Å²) in [6.07, 6.45) is 2.05. The van der Waals surface area contributed by atoms with E-state index in [0.717, 1.165) is 11.3 Å². The van der Waals surface area contributed by atoms with Crippen LogP contribution in [0.5, 0.6) is 0 Å². The molecule has 0 atom stereocenters. The van der Waals surface area contributed by atoms with Crippen LogP contribution in [0.25, 0.3) is 11.1 Å². The van der Waals surface area contributed by atoms with E-state index < -0.39 is 9.84 Å². The molecule has 0 saturated heterocycles. The molecule has 1 aromatic heterocycles. The molecule has 0 saturated carbocycles. The summed E-state index contributed by atoms with van der Waals surface area (Å²) >= 11 is 3.72. The number of thioether (sulfide) groups is 2. The molecule has 41 heavy (non-hydrogen) atoms. The largest absolute Gasteiger partial charge is 0.383 e. The Morgan fingerprint density at radius 1 is 1.05 bits per heavy atom. The van der Waals surface area contributed by atoms with E-state index in [0.29, 0.717) is 42.9 Å². The standard InChI is InChI=1S/C26H31N7O4S4/c1-14-9-16(32-26(29)30)11-18(33-22(35)13-39-8-7-21(34)31-2)23(14)15-5-4-6-17(10-15)41(36,37)20-12-19(24(27)28)40-25(20)38-3/h4-6,9-12H,7-8,13H2,1-3H3,(H3,27,28)(H,31,34)(H,33,35)(H4,29,30,32). The summed E-state index contributed by atoms with van der Waals surface area (Å²) in [5.74, 6) is -0.339. The van der Waals surface area contributed by atoms with E-state index >= 15 is 0 Å². The van der Waals surface area contributed by atoms with Crippen LogP contribution in [-0.4, -0.2) is 56.8 Å². The quantitative estimate of drug-likeness (QED) is 0.0672. The number of nitrogen functional groups attached to an aromatic ring is 1. The molecule has 0 radical (unpaired) electrons. The van der Waals surface area contributed by atoms with Crippen LogP contribution in [0.3, 0.4) is 0 Å². The number of benzene rings is 2. The molecule has 9 N–H and O–H groups in total. The monoisotopic (exact) mass is 633 g/mol. The van der Waals surface area contributed by atoms with Crippen molar-refractivity contribution in [2.75, 3.05) is 35.4 Å². The van der Waals surface area contributed by atoms with E-state index in [4.69, 9.17) is 22.3 Å². The number of amidine groups is 1. The second-order valence-electron chi connectivity index (χ2n) is 8.69. The highest BCUT2D eigenvalue weighted by Crippen LogP contribution is 2.39. The average Bonchev–Trinajstić information content (AvgIpc) is 3.36. The first kappa shape index (κ1) is 32.0. The molecular weight excluding hydrogens is 603 g/mol. The summed E-state index contributed by atoms with van der Waals surface area (Å²) < 4.78 is 27.9. The van der Waals surface area contributed by atoms with Crippen molar-refractivity contribution in [2.45, 2.75) is 27.3 Å². The Labute approximate surface area is 251 Å². The minimum absolute atomic E-state index is 0.0468. The molecule has 0 aliphatic heterocycles. The Morgan fingerprint density at radius 3 is 2.41 bits per heavy atom. The maximum atomic E-state index is 13.7. The zero-order valence-electron chi connectivity index (χ0n) is 22.6. The normalized spacial score (nSPS) is 11.1. The van der Waals surface area contributed by atoms with Gasteiger partial charge in [-0.25, -0.2) is 8.42 Å². The summed E-state index contributed by atoms with van der Waals surface area (Å²) in [4.78, 5) is 24.8. The molecule has 0 bridgehead atoms. The lowest BCUT2D eigenvalue weighted by atomic mass is 9.97. The van der Waals surface area contributed by atoms with Crippen LogP contribution in [0.4, 0.5) is 11.4 Å². The van der Waals surface area contributed by atoms with Crippen LogP contribution in [0.2, 0.25) is 0 Å². The second kappa shape index (κ2) is 13.9. The highest BCUT2D eigenvalue weighted by molar-refractivity contribution is 8.01. The Balaban J connectivity index is 2.02. The van der Waals surface area contributed by atoms with Gasteiger partial charge in [0.2, 0.25) is 21.7 Å². The molecule has 0 unspecified atom stereocenters. The fourth-order valence-electron chi connectivity index (χ4n) is 3.90. The topological polar surface area (TPSA) is 204 Å². The molecule has 11 nitrogen and oxygen atoms in total. The number of thiophene rings is 1. The number of nitrogens with one attached hydrogen (secondary N) is 5. The number of guanidine groups is 1. The number of rotatable bonds is 12. The summed E-state index contributed by atoms with van der Waals surface area (Å²) in [6.45, 7) is 1.80. The SMILES string of the molecule is CNC(=O)CCSCC(=O)Nc1cc(NC(=N)N)cc(C)c1-c1cccc(S(=O)(=O)c2cc(C(=N)N)sc2SC)c1. The van der Waals surface area contributed by atoms with Crippen LogP contribution in [0.1, 0.15) is 16.9 Å². The molecule has 0 aliphatic rings. The zero-order valence-corrected chi connectivity index (χ0v) is 25.8. The average molecular weight is 634 g/mol. The fourth-order valence-corrected chi connectivity index (χ4v) is 8.54. The third kappa shape index (κ3) is 8.03. The van der Waals surface area contributed by atoms with Crippen molar-refractivity contribution < 1.29 is 18.0 Å².